The lowest BCUT2D eigenvalue weighted by atomic mass is 9.78. The minimum atomic E-state index is 0.0206. The third-order valence-electron chi connectivity index (χ3n) is 5.11. The van der Waals surface area contributed by atoms with Crippen molar-refractivity contribution in [2.45, 2.75) is 91.2 Å². The second-order valence-electron chi connectivity index (χ2n) is 7.35. The Morgan fingerprint density at radius 3 is 2.55 bits per heavy atom. The van der Waals surface area contributed by atoms with Gasteiger partial charge in [0.1, 0.15) is 5.69 Å². The molecule has 1 aliphatic carbocycles. The van der Waals surface area contributed by atoms with Gasteiger partial charge in [-0.1, -0.05) is 45.2 Å². The Kier molecular flexibility index (Phi) is 6.87. The lowest BCUT2D eigenvalue weighted by molar-refractivity contribution is 0.266. The maximum atomic E-state index is 9.59. The van der Waals surface area contributed by atoms with Crippen LogP contribution in [-0.2, 0) is 13.2 Å². The first-order chi connectivity index (χ1) is 10.7. The number of hydrogen-bond acceptors (Lipinski definition) is 3. The number of unbranched alkanes of at least 4 members (excludes halogenated alkanes) is 1. The third kappa shape index (κ3) is 4.55. The van der Waals surface area contributed by atoms with Crippen molar-refractivity contribution in [3.05, 3.63) is 11.4 Å². The molecular weight excluding hydrogens is 274 g/mol. The maximum absolute atomic E-state index is 9.59. The molecule has 1 aromatic rings. The lowest BCUT2D eigenvalue weighted by Gasteiger charge is -2.29. The van der Waals surface area contributed by atoms with Crippen LogP contribution in [0.1, 0.15) is 89.4 Å². The summed E-state index contributed by atoms with van der Waals surface area (Å²) in [5.74, 6) is 2.12. The van der Waals surface area contributed by atoms with Gasteiger partial charge in [0.15, 0.2) is 0 Å². The Balaban J connectivity index is 2.00. The molecule has 0 unspecified atom stereocenters. The van der Waals surface area contributed by atoms with Crippen molar-refractivity contribution < 1.29 is 5.11 Å². The van der Waals surface area contributed by atoms with E-state index in [1.165, 1.54) is 50.6 Å². The van der Waals surface area contributed by atoms with Crippen molar-refractivity contribution >= 4 is 0 Å². The van der Waals surface area contributed by atoms with E-state index in [1.54, 1.807) is 0 Å². The summed E-state index contributed by atoms with van der Waals surface area (Å²) in [6, 6.07) is 0. The molecule has 0 spiro atoms. The van der Waals surface area contributed by atoms with E-state index < -0.39 is 0 Å². The van der Waals surface area contributed by atoms with Gasteiger partial charge in [-0.15, -0.1) is 5.10 Å². The van der Waals surface area contributed by atoms with Gasteiger partial charge in [-0.25, -0.2) is 4.68 Å². The first-order valence-corrected chi connectivity index (χ1v) is 9.18. The smallest absolute Gasteiger partial charge is 0.112 e. The van der Waals surface area contributed by atoms with Gasteiger partial charge in [-0.05, 0) is 43.9 Å². The summed E-state index contributed by atoms with van der Waals surface area (Å²) in [4.78, 5) is 0. The summed E-state index contributed by atoms with van der Waals surface area (Å²) in [6.45, 7) is 7.70. The zero-order valence-electron chi connectivity index (χ0n) is 14.6. The topological polar surface area (TPSA) is 50.9 Å². The highest BCUT2D eigenvalue weighted by Crippen LogP contribution is 2.38. The van der Waals surface area contributed by atoms with Gasteiger partial charge in [0, 0.05) is 12.5 Å². The SMILES string of the molecule is CCCCC1CCC(c2c(CO)nnn2CCC(C)C)CC1. The standard InChI is InChI=1S/C18H33N3O/c1-4-5-6-15-7-9-16(10-8-15)18-17(13-22)19-20-21(18)12-11-14(2)3/h14-16,22H,4-13H2,1-3H3. The zero-order valence-corrected chi connectivity index (χ0v) is 14.6. The summed E-state index contributed by atoms with van der Waals surface area (Å²) in [5.41, 5.74) is 2.03. The molecule has 0 bridgehead atoms. The van der Waals surface area contributed by atoms with Crippen molar-refractivity contribution in [2.75, 3.05) is 0 Å². The predicted molar refractivity (Wildman–Crippen MR) is 89.6 cm³/mol. The Labute approximate surface area is 135 Å². The third-order valence-corrected chi connectivity index (χ3v) is 5.11. The molecule has 0 aromatic carbocycles. The van der Waals surface area contributed by atoms with Crippen LogP contribution in [-0.4, -0.2) is 20.1 Å². The Morgan fingerprint density at radius 2 is 1.95 bits per heavy atom. The fourth-order valence-electron chi connectivity index (χ4n) is 3.68. The van der Waals surface area contributed by atoms with Gasteiger partial charge in [0.2, 0.25) is 0 Å². The molecule has 1 N–H and O–H groups in total. The molecule has 1 heterocycles. The molecule has 0 aliphatic heterocycles. The molecule has 1 aliphatic rings. The quantitative estimate of drug-likeness (QED) is 0.780. The Hall–Kier alpha value is -0.900. The van der Waals surface area contributed by atoms with Crippen LogP contribution in [0.2, 0.25) is 0 Å². The highest BCUT2D eigenvalue weighted by atomic mass is 16.3. The van der Waals surface area contributed by atoms with E-state index in [9.17, 15) is 5.11 Å². The van der Waals surface area contributed by atoms with Crippen molar-refractivity contribution in [2.24, 2.45) is 11.8 Å². The minimum Gasteiger partial charge on any atom is -0.390 e. The van der Waals surface area contributed by atoms with E-state index in [0.29, 0.717) is 11.8 Å². The van der Waals surface area contributed by atoms with Gasteiger partial charge >= 0.3 is 0 Å². The molecule has 4 heteroatoms. The molecule has 0 amide bonds. The number of aromatic nitrogens is 3. The summed E-state index contributed by atoms with van der Waals surface area (Å²) >= 11 is 0. The summed E-state index contributed by atoms with van der Waals surface area (Å²) < 4.78 is 2.07. The van der Waals surface area contributed by atoms with Gasteiger partial charge < -0.3 is 5.11 Å². The molecule has 0 saturated heterocycles. The number of aliphatic hydroxyl groups excluding tert-OH is 1. The van der Waals surface area contributed by atoms with E-state index in [-0.39, 0.29) is 6.61 Å². The highest BCUT2D eigenvalue weighted by molar-refractivity contribution is 5.16. The van der Waals surface area contributed by atoms with E-state index in [0.717, 1.165) is 24.6 Å². The van der Waals surface area contributed by atoms with Crippen LogP contribution in [0.5, 0.6) is 0 Å². The van der Waals surface area contributed by atoms with Crippen LogP contribution in [0.4, 0.5) is 0 Å². The Bertz CT molecular complexity index is 434. The number of rotatable bonds is 8. The number of nitrogens with zero attached hydrogens (tertiary/aromatic N) is 3. The second kappa shape index (κ2) is 8.66. The maximum Gasteiger partial charge on any atom is 0.112 e. The molecule has 2 rings (SSSR count). The summed E-state index contributed by atoms with van der Waals surface area (Å²) in [7, 11) is 0. The fourth-order valence-corrected chi connectivity index (χ4v) is 3.68. The summed E-state index contributed by atoms with van der Waals surface area (Å²) in [5, 5.41) is 18.1. The molecule has 0 atom stereocenters. The molecule has 4 nitrogen and oxygen atoms in total. The van der Waals surface area contributed by atoms with Gasteiger partial charge in [-0.3, -0.25) is 0 Å². The van der Waals surface area contributed by atoms with Crippen molar-refractivity contribution in [1.29, 1.82) is 0 Å². The molecule has 1 aromatic heterocycles. The molecule has 126 valence electrons. The van der Waals surface area contributed by atoms with Gasteiger partial charge in [0.05, 0.1) is 12.3 Å². The first-order valence-electron chi connectivity index (χ1n) is 9.18. The van der Waals surface area contributed by atoms with Gasteiger partial charge in [0.25, 0.3) is 0 Å². The molecule has 22 heavy (non-hydrogen) atoms. The molecule has 1 fully saturated rings. The van der Waals surface area contributed by atoms with Crippen LogP contribution >= 0.6 is 0 Å². The van der Waals surface area contributed by atoms with Crippen LogP contribution in [0.25, 0.3) is 0 Å². The largest absolute Gasteiger partial charge is 0.390 e. The number of aliphatic hydroxyl groups is 1. The van der Waals surface area contributed by atoms with E-state index in [4.69, 9.17) is 0 Å². The molecule has 0 radical (unpaired) electrons. The van der Waals surface area contributed by atoms with Crippen molar-refractivity contribution in [1.82, 2.24) is 15.0 Å². The highest BCUT2D eigenvalue weighted by Gasteiger charge is 2.27. The number of hydrogen-bond donors (Lipinski definition) is 1. The van der Waals surface area contributed by atoms with E-state index in [1.807, 2.05) is 0 Å². The number of aryl methyl sites for hydroxylation is 1. The fraction of sp³-hybridized carbons (Fsp3) is 0.889. The lowest BCUT2D eigenvalue weighted by Crippen LogP contribution is -2.18. The zero-order chi connectivity index (χ0) is 15.9. The average Bonchev–Trinajstić information content (AvgIpc) is 2.94. The Morgan fingerprint density at radius 1 is 1.23 bits per heavy atom. The van der Waals surface area contributed by atoms with Crippen molar-refractivity contribution in [3.8, 4) is 0 Å². The van der Waals surface area contributed by atoms with Crippen LogP contribution in [0.15, 0.2) is 0 Å². The van der Waals surface area contributed by atoms with Gasteiger partial charge in [-0.2, -0.15) is 0 Å². The normalized spacial score (nSPS) is 22.4. The molecule has 1 saturated carbocycles. The van der Waals surface area contributed by atoms with E-state index in [2.05, 4.69) is 35.8 Å². The van der Waals surface area contributed by atoms with Crippen LogP contribution in [0, 0.1) is 11.8 Å². The monoisotopic (exact) mass is 307 g/mol. The summed E-state index contributed by atoms with van der Waals surface area (Å²) in [6.07, 6.45) is 10.3. The van der Waals surface area contributed by atoms with Crippen LogP contribution in [0.3, 0.4) is 0 Å². The first kappa shape index (κ1) is 17.5. The van der Waals surface area contributed by atoms with E-state index >= 15 is 0 Å². The average molecular weight is 307 g/mol. The van der Waals surface area contributed by atoms with Crippen LogP contribution < -0.4 is 0 Å². The van der Waals surface area contributed by atoms with Crippen molar-refractivity contribution in [3.63, 3.8) is 0 Å². The predicted octanol–water partition coefficient (Wildman–Crippen LogP) is 4.28. The minimum absolute atomic E-state index is 0.0206. The second-order valence-corrected chi connectivity index (χ2v) is 7.35. The molecular formula is C18H33N3O.